The van der Waals surface area contributed by atoms with Crippen LogP contribution in [0, 0.1) is 0 Å². The Kier molecular flexibility index (Phi) is 4.07. The maximum absolute atomic E-state index is 12.2. The van der Waals surface area contributed by atoms with Gasteiger partial charge in [-0.2, -0.15) is 0 Å². The van der Waals surface area contributed by atoms with Crippen LogP contribution in [-0.2, 0) is 0 Å². The van der Waals surface area contributed by atoms with Gasteiger partial charge in [-0.25, -0.2) is 4.79 Å². The minimum Gasteiger partial charge on any atom is -0.508 e. The van der Waals surface area contributed by atoms with Crippen LogP contribution in [0.4, 0.5) is 0 Å². The van der Waals surface area contributed by atoms with Crippen molar-refractivity contribution in [3.05, 3.63) is 40.9 Å². The molecule has 2 aromatic rings. The normalized spacial score (nSPS) is 17.2. The van der Waals surface area contributed by atoms with Crippen molar-refractivity contribution in [3.8, 4) is 17.0 Å². The number of phenolic OH excluding ortho intramolecular Hbond substituents is 1. The number of phenols is 1. The molecule has 1 saturated heterocycles. The van der Waals surface area contributed by atoms with Gasteiger partial charge in [0, 0.05) is 36.9 Å². The van der Waals surface area contributed by atoms with E-state index in [1.165, 1.54) is 0 Å². The number of nitrogens with one attached hydrogen (secondary N) is 1. The maximum atomic E-state index is 12.2. The molecular formula is C17H23N3O2. The molecule has 0 atom stereocenters. The SMILES string of the molecule is CC(C)N1CCC(n2cc(-c3cccc(O)c3)[nH]c2=O)CC1. The Morgan fingerprint density at radius 1 is 1.27 bits per heavy atom. The van der Waals surface area contributed by atoms with Crippen LogP contribution in [0.1, 0.15) is 32.7 Å². The van der Waals surface area contributed by atoms with E-state index in [1.54, 1.807) is 18.2 Å². The van der Waals surface area contributed by atoms with Gasteiger partial charge in [-0.1, -0.05) is 12.1 Å². The van der Waals surface area contributed by atoms with E-state index in [0.29, 0.717) is 6.04 Å². The van der Waals surface area contributed by atoms with Crippen LogP contribution in [0.25, 0.3) is 11.3 Å². The smallest absolute Gasteiger partial charge is 0.326 e. The summed E-state index contributed by atoms with van der Waals surface area (Å²) in [5.41, 5.74) is 1.52. The molecule has 0 spiro atoms. The Morgan fingerprint density at radius 2 is 2.00 bits per heavy atom. The van der Waals surface area contributed by atoms with E-state index >= 15 is 0 Å². The van der Waals surface area contributed by atoms with Gasteiger partial charge >= 0.3 is 5.69 Å². The molecule has 1 aromatic heterocycles. The Hall–Kier alpha value is -2.01. The minimum absolute atomic E-state index is 0.0682. The number of aromatic hydroxyl groups is 1. The fourth-order valence-electron chi connectivity index (χ4n) is 3.18. The van der Waals surface area contributed by atoms with Crippen LogP contribution in [0.5, 0.6) is 5.75 Å². The number of hydrogen-bond donors (Lipinski definition) is 2. The molecule has 0 amide bonds. The van der Waals surface area contributed by atoms with Gasteiger partial charge in [0.2, 0.25) is 0 Å². The molecule has 2 heterocycles. The van der Waals surface area contributed by atoms with Crippen molar-refractivity contribution < 1.29 is 5.11 Å². The van der Waals surface area contributed by atoms with Crippen LogP contribution in [0.2, 0.25) is 0 Å². The van der Waals surface area contributed by atoms with Crippen molar-refractivity contribution in [1.29, 1.82) is 0 Å². The molecule has 118 valence electrons. The van der Waals surface area contributed by atoms with Gasteiger partial charge in [0.15, 0.2) is 0 Å². The van der Waals surface area contributed by atoms with Crippen LogP contribution in [-0.4, -0.2) is 38.7 Å². The number of imidazole rings is 1. The van der Waals surface area contributed by atoms with Crippen molar-refractivity contribution in [2.24, 2.45) is 0 Å². The summed E-state index contributed by atoms with van der Waals surface area (Å²) in [6, 6.07) is 7.77. The van der Waals surface area contributed by atoms with E-state index in [9.17, 15) is 9.90 Å². The highest BCUT2D eigenvalue weighted by Gasteiger charge is 2.23. The summed E-state index contributed by atoms with van der Waals surface area (Å²) in [5.74, 6) is 0.205. The molecular weight excluding hydrogens is 278 g/mol. The number of nitrogens with zero attached hydrogens (tertiary/aromatic N) is 2. The lowest BCUT2D eigenvalue weighted by atomic mass is 10.0. The summed E-state index contributed by atoms with van der Waals surface area (Å²) in [7, 11) is 0. The second-order valence-electron chi connectivity index (χ2n) is 6.29. The lowest BCUT2D eigenvalue weighted by molar-refractivity contribution is 0.151. The molecule has 5 nitrogen and oxygen atoms in total. The molecule has 22 heavy (non-hydrogen) atoms. The Morgan fingerprint density at radius 3 is 2.64 bits per heavy atom. The van der Waals surface area contributed by atoms with Crippen molar-refractivity contribution >= 4 is 0 Å². The quantitative estimate of drug-likeness (QED) is 0.916. The van der Waals surface area contributed by atoms with Crippen LogP contribution in [0.3, 0.4) is 0 Å². The lowest BCUT2D eigenvalue weighted by Gasteiger charge is -2.34. The van der Waals surface area contributed by atoms with Crippen LogP contribution < -0.4 is 5.69 Å². The molecule has 0 bridgehead atoms. The van der Waals surface area contributed by atoms with E-state index in [-0.39, 0.29) is 17.5 Å². The molecule has 3 rings (SSSR count). The topological polar surface area (TPSA) is 61.3 Å². The van der Waals surface area contributed by atoms with Crippen molar-refractivity contribution in [3.63, 3.8) is 0 Å². The molecule has 0 unspecified atom stereocenters. The van der Waals surface area contributed by atoms with E-state index < -0.39 is 0 Å². The van der Waals surface area contributed by atoms with E-state index in [0.717, 1.165) is 37.2 Å². The van der Waals surface area contributed by atoms with Crippen LogP contribution in [0.15, 0.2) is 35.3 Å². The number of rotatable bonds is 3. The lowest BCUT2D eigenvalue weighted by Crippen LogP contribution is -2.40. The highest BCUT2D eigenvalue weighted by atomic mass is 16.3. The van der Waals surface area contributed by atoms with Crippen molar-refractivity contribution in [1.82, 2.24) is 14.5 Å². The number of hydrogen-bond acceptors (Lipinski definition) is 3. The highest BCUT2D eigenvalue weighted by molar-refractivity contribution is 5.60. The van der Waals surface area contributed by atoms with Gasteiger partial charge in [-0.3, -0.25) is 4.57 Å². The maximum Gasteiger partial charge on any atom is 0.326 e. The molecule has 0 radical (unpaired) electrons. The third kappa shape index (κ3) is 2.95. The van der Waals surface area contributed by atoms with Crippen molar-refractivity contribution in [2.45, 2.75) is 38.8 Å². The third-order valence-corrected chi connectivity index (χ3v) is 4.52. The van der Waals surface area contributed by atoms with E-state index in [4.69, 9.17) is 0 Å². The number of aromatic amines is 1. The van der Waals surface area contributed by atoms with Crippen molar-refractivity contribution in [2.75, 3.05) is 13.1 Å². The fourth-order valence-corrected chi connectivity index (χ4v) is 3.18. The summed E-state index contributed by atoms with van der Waals surface area (Å²) >= 11 is 0. The number of benzene rings is 1. The Balaban J connectivity index is 1.80. The van der Waals surface area contributed by atoms with Gasteiger partial charge in [0.1, 0.15) is 5.75 Å². The molecule has 0 saturated carbocycles. The van der Waals surface area contributed by atoms with Gasteiger partial charge in [-0.15, -0.1) is 0 Å². The average Bonchev–Trinajstić information content (AvgIpc) is 2.89. The summed E-state index contributed by atoms with van der Waals surface area (Å²) in [5, 5.41) is 9.58. The number of aromatic nitrogens is 2. The molecule has 1 aliphatic rings. The van der Waals surface area contributed by atoms with Gasteiger partial charge in [-0.05, 0) is 38.8 Å². The number of likely N-dealkylation sites (tertiary alicyclic amines) is 1. The van der Waals surface area contributed by atoms with Crippen LogP contribution >= 0.6 is 0 Å². The first kappa shape index (κ1) is 14.9. The zero-order valence-electron chi connectivity index (χ0n) is 13.1. The minimum atomic E-state index is -0.0682. The predicted octanol–water partition coefficient (Wildman–Crippen LogP) is 2.59. The molecule has 1 aromatic carbocycles. The van der Waals surface area contributed by atoms with E-state index in [2.05, 4.69) is 23.7 Å². The van der Waals surface area contributed by atoms with E-state index in [1.807, 2.05) is 16.8 Å². The Labute approximate surface area is 130 Å². The largest absolute Gasteiger partial charge is 0.508 e. The summed E-state index contributed by atoms with van der Waals surface area (Å²) < 4.78 is 1.82. The van der Waals surface area contributed by atoms with Gasteiger partial charge < -0.3 is 15.0 Å². The zero-order chi connectivity index (χ0) is 15.7. The average molecular weight is 301 g/mol. The third-order valence-electron chi connectivity index (χ3n) is 4.52. The molecule has 2 N–H and O–H groups in total. The monoisotopic (exact) mass is 301 g/mol. The molecule has 5 heteroatoms. The summed E-state index contributed by atoms with van der Waals surface area (Å²) in [6.45, 7) is 6.48. The molecule has 0 aliphatic carbocycles. The molecule has 1 fully saturated rings. The number of piperidine rings is 1. The van der Waals surface area contributed by atoms with Gasteiger partial charge in [0.05, 0.1) is 5.69 Å². The number of H-pyrrole nitrogens is 1. The predicted molar refractivity (Wildman–Crippen MR) is 87.1 cm³/mol. The second kappa shape index (κ2) is 6.01. The highest BCUT2D eigenvalue weighted by Crippen LogP contribution is 2.25. The summed E-state index contributed by atoms with van der Waals surface area (Å²) in [6.07, 6.45) is 3.87. The first-order valence-electron chi connectivity index (χ1n) is 7.89. The first-order chi connectivity index (χ1) is 10.5. The first-order valence-corrected chi connectivity index (χ1v) is 7.89. The fraction of sp³-hybridized carbons (Fsp3) is 0.471. The molecule has 1 aliphatic heterocycles. The Bertz CT molecular complexity index is 694. The second-order valence-corrected chi connectivity index (χ2v) is 6.29. The standard InChI is InChI=1S/C17H23N3O2/c1-12(2)19-8-6-14(7-9-19)20-11-16(18-17(20)22)13-4-3-5-15(21)10-13/h3-5,10-12,14,21H,6-9H2,1-2H3,(H,18,22). The summed E-state index contributed by atoms with van der Waals surface area (Å²) in [4.78, 5) is 17.6. The zero-order valence-corrected chi connectivity index (χ0v) is 13.1. The van der Waals surface area contributed by atoms with Gasteiger partial charge in [0.25, 0.3) is 0 Å².